The van der Waals surface area contributed by atoms with Crippen LogP contribution in [0.3, 0.4) is 0 Å². The molecule has 0 aliphatic rings. The van der Waals surface area contributed by atoms with E-state index in [0.29, 0.717) is 0 Å². The van der Waals surface area contributed by atoms with Gasteiger partial charge >= 0.3 is 23.3 Å². The van der Waals surface area contributed by atoms with Crippen LogP contribution in [-0.4, -0.2) is 66.8 Å². The fourth-order valence-electron chi connectivity index (χ4n) is 3.14. The van der Waals surface area contributed by atoms with E-state index in [2.05, 4.69) is 0 Å². The molecule has 0 radical (unpaired) electrons. The van der Waals surface area contributed by atoms with Crippen LogP contribution in [0.5, 0.6) is 0 Å². The number of aromatic nitrogens is 4. The van der Waals surface area contributed by atoms with Crippen LogP contribution in [0.4, 0.5) is 0 Å². The first-order valence-corrected chi connectivity index (χ1v) is 10.2. The van der Waals surface area contributed by atoms with Gasteiger partial charge in [0, 0.05) is 23.5 Å². The van der Waals surface area contributed by atoms with E-state index in [9.17, 15) is 28.8 Å². The molecule has 34 heavy (non-hydrogen) atoms. The lowest BCUT2D eigenvalue weighted by molar-refractivity contribution is -0.138. The van der Waals surface area contributed by atoms with Crippen molar-refractivity contribution in [3.05, 3.63) is 65.2 Å². The van der Waals surface area contributed by atoms with Crippen LogP contribution < -0.4 is 22.5 Å². The molecule has 0 fully saturated rings. The van der Waals surface area contributed by atoms with Crippen LogP contribution in [-0.2, 0) is 45.2 Å². The molecule has 14 heteroatoms. The highest BCUT2D eigenvalue weighted by atomic mass is 16.5. The van der Waals surface area contributed by atoms with Crippen LogP contribution in [0.1, 0.15) is 11.1 Å². The topological polar surface area (TPSA) is 181 Å². The minimum atomic E-state index is -1.21. The van der Waals surface area contributed by atoms with Gasteiger partial charge < -0.3 is 19.7 Å². The average molecular weight is 482 g/mol. The Bertz CT molecular complexity index is 1180. The third-order valence-corrected chi connectivity index (χ3v) is 4.72. The van der Waals surface area contributed by atoms with Gasteiger partial charge in [0.25, 0.3) is 11.1 Å². The molecule has 2 aromatic heterocycles. The summed E-state index contributed by atoms with van der Waals surface area (Å²) in [6.07, 6.45) is 2.39. The second-order valence-electron chi connectivity index (χ2n) is 7.37. The van der Waals surface area contributed by atoms with E-state index in [1.165, 1.54) is 26.2 Å². The number of carboxylic acid groups (broad SMARTS) is 2. The zero-order valence-electron chi connectivity index (χ0n) is 18.8. The molecule has 0 unspecified atom stereocenters. The molecule has 186 valence electrons. The Morgan fingerprint density at radius 1 is 0.706 bits per heavy atom. The van der Waals surface area contributed by atoms with Crippen LogP contribution in [0.15, 0.2) is 31.6 Å². The van der Waals surface area contributed by atoms with Crippen molar-refractivity contribution >= 4 is 11.9 Å². The fourth-order valence-corrected chi connectivity index (χ4v) is 3.14. The zero-order valence-corrected chi connectivity index (χ0v) is 18.8. The maximum Gasteiger partial charge on any atom is 0.331 e. The number of carboxylic acids is 2. The lowest BCUT2D eigenvalue weighted by Crippen LogP contribution is -2.42. The molecule has 0 spiro atoms. The molecule has 0 atom stereocenters. The van der Waals surface area contributed by atoms with Gasteiger partial charge in [-0.05, 0) is 13.8 Å². The van der Waals surface area contributed by atoms with Crippen LogP contribution in [0, 0.1) is 13.8 Å². The van der Waals surface area contributed by atoms with Gasteiger partial charge in [0.2, 0.25) is 0 Å². The number of hydrogen-bond donors (Lipinski definition) is 2. The summed E-state index contributed by atoms with van der Waals surface area (Å²) in [4.78, 5) is 70.6. The summed E-state index contributed by atoms with van der Waals surface area (Å²) in [5, 5.41) is 17.8. The zero-order chi connectivity index (χ0) is 25.4. The first-order chi connectivity index (χ1) is 16.0. The molecule has 2 heterocycles. The molecule has 0 saturated heterocycles. The van der Waals surface area contributed by atoms with Gasteiger partial charge in [-0.3, -0.25) is 37.4 Å². The molecule has 0 aliphatic carbocycles. The molecule has 0 amide bonds. The standard InChI is InChI=1S/C20H26N4O10/c1-13-9-21(11-15(25)26)19(31)23(17(13)29)3-5-33-7-8-34-6-4-24-18(30)14(2)10-22(20(24)32)12-16(27)28/h9-10H,3-8,11-12H2,1-2H3,(H,25,26)(H,27,28). The summed E-state index contributed by atoms with van der Waals surface area (Å²) in [6, 6.07) is 0. The van der Waals surface area contributed by atoms with Crippen molar-refractivity contribution in [1.82, 2.24) is 18.3 Å². The van der Waals surface area contributed by atoms with Crippen molar-refractivity contribution in [2.24, 2.45) is 0 Å². The van der Waals surface area contributed by atoms with E-state index >= 15 is 0 Å². The molecule has 0 bridgehead atoms. The molecule has 0 aliphatic heterocycles. The van der Waals surface area contributed by atoms with Gasteiger partial charge in [-0.1, -0.05) is 0 Å². The fraction of sp³-hybridized carbons (Fsp3) is 0.500. The van der Waals surface area contributed by atoms with Crippen molar-refractivity contribution in [2.45, 2.75) is 40.0 Å². The normalized spacial score (nSPS) is 11.0. The molecule has 14 nitrogen and oxygen atoms in total. The maximum absolute atomic E-state index is 12.3. The number of ether oxygens (including phenoxy) is 2. The van der Waals surface area contributed by atoms with Gasteiger partial charge in [-0.2, -0.15) is 0 Å². The number of aryl methyl sites for hydroxylation is 2. The Kier molecular flexibility index (Phi) is 9.27. The van der Waals surface area contributed by atoms with Crippen molar-refractivity contribution in [3.63, 3.8) is 0 Å². The van der Waals surface area contributed by atoms with Crippen molar-refractivity contribution in [1.29, 1.82) is 0 Å². The maximum atomic E-state index is 12.3. The predicted molar refractivity (Wildman–Crippen MR) is 116 cm³/mol. The van der Waals surface area contributed by atoms with Gasteiger partial charge in [-0.15, -0.1) is 0 Å². The first-order valence-electron chi connectivity index (χ1n) is 10.2. The summed E-state index contributed by atoms with van der Waals surface area (Å²) in [7, 11) is 0. The summed E-state index contributed by atoms with van der Waals surface area (Å²) >= 11 is 0. The second-order valence-corrected chi connectivity index (χ2v) is 7.37. The van der Waals surface area contributed by atoms with Crippen molar-refractivity contribution in [3.8, 4) is 0 Å². The second kappa shape index (κ2) is 11.9. The first kappa shape index (κ1) is 26.5. The molecule has 0 saturated carbocycles. The van der Waals surface area contributed by atoms with E-state index < -0.39 is 47.5 Å². The van der Waals surface area contributed by atoms with E-state index in [1.54, 1.807) is 0 Å². The Labute approximate surface area is 191 Å². The van der Waals surface area contributed by atoms with E-state index in [1.807, 2.05) is 0 Å². The molecule has 2 aromatic rings. The number of nitrogens with zero attached hydrogens (tertiary/aromatic N) is 4. The molecule has 2 N–H and O–H groups in total. The Balaban J connectivity index is 1.84. The third kappa shape index (κ3) is 6.86. The van der Waals surface area contributed by atoms with Gasteiger partial charge in [0.15, 0.2) is 0 Å². The highest BCUT2D eigenvalue weighted by Gasteiger charge is 2.12. The Morgan fingerprint density at radius 2 is 1.06 bits per heavy atom. The van der Waals surface area contributed by atoms with E-state index in [-0.39, 0.29) is 50.6 Å². The van der Waals surface area contributed by atoms with Gasteiger partial charge in [0.05, 0.1) is 39.5 Å². The van der Waals surface area contributed by atoms with E-state index in [0.717, 1.165) is 18.3 Å². The lowest BCUT2D eigenvalue weighted by Gasteiger charge is -2.12. The minimum Gasteiger partial charge on any atom is -0.480 e. The average Bonchev–Trinajstić information content (AvgIpc) is 2.75. The van der Waals surface area contributed by atoms with Crippen LogP contribution in [0.25, 0.3) is 0 Å². The van der Waals surface area contributed by atoms with E-state index in [4.69, 9.17) is 19.7 Å². The van der Waals surface area contributed by atoms with Crippen LogP contribution >= 0.6 is 0 Å². The number of hydrogen-bond acceptors (Lipinski definition) is 8. The quantitative estimate of drug-likeness (QED) is 0.299. The van der Waals surface area contributed by atoms with Crippen LogP contribution in [0.2, 0.25) is 0 Å². The van der Waals surface area contributed by atoms with Crippen molar-refractivity contribution in [2.75, 3.05) is 26.4 Å². The molecular formula is C20H26N4O10. The SMILES string of the molecule is Cc1cn(CC(=O)O)c(=O)n(CCOCCOCCn2c(=O)c(C)cn(CC(=O)O)c2=O)c1=O. The smallest absolute Gasteiger partial charge is 0.331 e. The molecule has 0 aromatic carbocycles. The summed E-state index contributed by atoms with van der Waals surface area (Å²) < 4.78 is 14.3. The number of carbonyl (C=O) groups is 2. The third-order valence-electron chi connectivity index (χ3n) is 4.72. The predicted octanol–water partition coefficient (Wildman–Crippen LogP) is -2.15. The molecule has 2 rings (SSSR count). The Hall–Kier alpha value is -3.78. The van der Waals surface area contributed by atoms with Crippen molar-refractivity contribution < 1.29 is 29.3 Å². The highest BCUT2D eigenvalue weighted by Crippen LogP contribution is 1.90. The Morgan fingerprint density at radius 3 is 1.38 bits per heavy atom. The summed E-state index contributed by atoms with van der Waals surface area (Å²) in [5.41, 5.74) is -2.15. The monoisotopic (exact) mass is 482 g/mol. The number of aliphatic carboxylic acids is 2. The summed E-state index contributed by atoms with van der Waals surface area (Å²) in [5.74, 6) is -2.43. The van der Waals surface area contributed by atoms with Gasteiger partial charge in [-0.25, -0.2) is 9.59 Å². The summed E-state index contributed by atoms with van der Waals surface area (Å²) in [6.45, 7) is 1.81. The lowest BCUT2D eigenvalue weighted by atomic mass is 10.3. The minimum absolute atomic E-state index is 0.00767. The molecular weight excluding hydrogens is 456 g/mol. The number of rotatable bonds is 13. The van der Waals surface area contributed by atoms with Gasteiger partial charge in [0.1, 0.15) is 13.1 Å². The largest absolute Gasteiger partial charge is 0.480 e. The highest BCUT2D eigenvalue weighted by molar-refractivity contribution is 5.66.